The van der Waals surface area contributed by atoms with Crippen LogP contribution < -0.4 is 14.8 Å². The molecule has 20 heavy (non-hydrogen) atoms. The van der Waals surface area contributed by atoms with E-state index in [2.05, 4.69) is 34.7 Å². The standard InChI is InChI=1S/C15H21BrClNO2/c1-4-6-18-9-12-7-13(16)15(20-10-11(3)17)14(8-12)19-5-2/h7-8,18H,3-6,9-10H2,1-2H3. The number of nitrogens with one attached hydrogen (secondary N) is 1. The van der Waals surface area contributed by atoms with Crippen molar-refractivity contribution in [3.8, 4) is 11.5 Å². The lowest BCUT2D eigenvalue weighted by Gasteiger charge is -2.15. The predicted octanol–water partition coefficient (Wildman–Crippen LogP) is 4.48. The van der Waals surface area contributed by atoms with Crippen LogP contribution in [0.15, 0.2) is 28.2 Å². The fourth-order valence-electron chi connectivity index (χ4n) is 1.69. The lowest BCUT2D eigenvalue weighted by molar-refractivity contribution is 0.294. The number of rotatable bonds is 9. The van der Waals surface area contributed by atoms with Crippen LogP contribution >= 0.6 is 27.5 Å². The lowest BCUT2D eigenvalue weighted by atomic mass is 10.2. The van der Waals surface area contributed by atoms with Crippen LogP contribution in [0.1, 0.15) is 25.8 Å². The van der Waals surface area contributed by atoms with Gasteiger partial charge in [0.1, 0.15) is 6.61 Å². The summed E-state index contributed by atoms with van der Waals surface area (Å²) in [5.74, 6) is 1.38. The summed E-state index contributed by atoms with van der Waals surface area (Å²) in [5, 5.41) is 3.82. The van der Waals surface area contributed by atoms with Crippen LogP contribution in [-0.4, -0.2) is 19.8 Å². The van der Waals surface area contributed by atoms with Crippen molar-refractivity contribution < 1.29 is 9.47 Å². The van der Waals surface area contributed by atoms with E-state index in [1.54, 1.807) is 0 Å². The molecule has 0 aliphatic carbocycles. The number of hydrogen-bond donors (Lipinski definition) is 1. The first-order valence-corrected chi connectivity index (χ1v) is 7.87. The van der Waals surface area contributed by atoms with E-state index in [-0.39, 0.29) is 6.61 Å². The van der Waals surface area contributed by atoms with Crippen molar-refractivity contribution in [2.45, 2.75) is 26.8 Å². The molecule has 0 atom stereocenters. The van der Waals surface area contributed by atoms with Gasteiger partial charge in [0.05, 0.1) is 11.1 Å². The molecule has 5 heteroatoms. The number of halogens is 2. The van der Waals surface area contributed by atoms with E-state index >= 15 is 0 Å². The van der Waals surface area contributed by atoms with E-state index in [9.17, 15) is 0 Å². The van der Waals surface area contributed by atoms with E-state index in [1.165, 1.54) is 0 Å². The molecule has 0 fully saturated rings. The summed E-state index contributed by atoms with van der Waals surface area (Å²) in [6.07, 6.45) is 1.11. The third kappa shape index (κ3) is 5.73. The first-order valence-electron chi connectivity index (χ1n) is 6.70. The summed E-state index contributed by atoms with van der Waals surface area (Å²) < 4.78 is 12.1. The third-order valence-electron chi connectivity index (χ3n) is 2.50. The Morgan fingerprint density at radius 3 is 2.70 bits per heavy atom. The van der Waals surface area contributed by atoms with Crippen LogP contribution in [0.5, 0.6) is 11.5 Å². The molecule has 0 amide bonds. The summed E-state index contributed by atoms with van der Waals surface area (Å²) in [6, 6.07) is 4.01. The van der Waals surface area contributed by atoms with Gasteiger partial charge < -0.3 is 14.8 Å². The van der Waals surface area contributed by atoms with Crippen molar-refractivity contribution in [2.75, 3.05) is 19.8 Å². The molecule has 112 valence electrons. The van der Waals surface area contributed by atoms with Gasteiger partial charge >= 0.3 is 0 Å². The lowest BCUT2D eigenvalue weighted by Crippen LogP contribution is -2.14. The molecule has 1 N–H and O–H groups in total. The molecule has 0 saturated carbocycles. The minimum absolute atomic E-state index is 0.258. The first-order chi connectivity index (χ1) is 9.58. The third-order valence-corrected chi connectivity index (χ3v) is 3.20. The number of hydrogen-bond acceptors (Lipinski definition) is 3. The Bertz CT molecular complexity index is 452. The zero-order valence-corrected chi connectivity index (χ0v) is 14.3. The van der Waals surface area contributed by atoms with Crippen molar-refractivity contribution in [1.82, 2.24) is 5.32 Å². The highest BCUT2D eigenvalue weighted by Gasteiger charge is 2.12. The average molecular weight is 363 g/mol. The Hall–Kier alpha value is -0.710. The van der Waals surface area contributed by atoms with Crippen LogP contribution in [0.3, 0.4) is 0 Å². The average Bonchev–Trinajstić information content (AvgIpc) is 2.38. The molecule has 1 aromatic rings. The topological polar surface area (TPSA) is 30.5 Å². The SMILES string of the molecule is C=C(Cl)COc1c(Br)cc(CNCCC)cc1OCC. The monoisotopic (exact) mass is 361 g/mol. The van der Waals surface area contributed by atoms with Gasteiger partial charge in [0.2, 0.25) is 0 Å². The second-order valence-corrected chi connectivity index (χ2v) is 5.71. The molecule has 0 saturated heterocycles. The van der Waals surface area contributed by atoms with Gasteiger partial charge in [0.25, 0.3) is 0 Å². The van der Waals surface area contributed by atoms with Gasteiger partial charge in [0, 0.05) is 11.6 Å². The highest BCUT2D eigenvalue weighted by molar-refractivity contribution is 9.10. The van der Waals surface area contributed by atoms with Gasteiger partial charge in [-0.25, -0.2) is 0 Å². The molecule has 0 radical (unpaired) electrons. The highest BCUT2D eigenvalue weighted by Crippen LogP contribution is 2.37. The molecule has 0 spiro atoms. The zero-order valence-electron chi connectivity index (χ0n) is 12.0. The molecule has 1 aromatic carbocycles. The minimum atomic E-state index is 0.258. The largest absolute Gasteiger partial charge is 0.490 e. The summed E-state index contributed by atoms with van der Waals surface area (Å²) >= 11 is 9.26. The highest BCUT2D eigenvalue weighted by atomic mass is 79.9. The van der Waals surface area contributed by atoms with Crippen molar-refractivity contribution in [3.05, 3.63) is 33.8 Å². The van der Waals surface area contributed by atoms with Crippen molar-refractivity contribution in [2.24, 2.45) is 0 Å². The summed E-state index contributed by atoms with van der Waals surface area (Å²) in [4.78, 5) is 0. The molecule has 0 aliphatic heterocycles. The van der Waals surface area contributed by atoms with Crippen molar-refractivity contribution in [3.63, 3.8) is 0 Å². The van der Waals surface area contributed by atoms with Crippen LogP contribution in [-0.2, 0) is 6.54 Å². The molecule has 0 aromatic heterocycles. The molecular formula is C15H21BrClNO2. The molecule has 3 nitrogen and oxygen atoms in total. The maximum atomic E-state index is 5.74. The van der Waals surface area contributed by atoms with E-state index in [1.807, 2.05) is 19.1 Å². The summed E-state index contributed by atoms with van der Waals surface area (Å²) in [5.41, 5.74) is 1.14. The second-order valence-electron chi connectivity index (χ2n) is 4.32. The minimum Gasteiger partial charge on any atom is -0.490 e. The Labute approximate surface area is 134 Å². The number of benzene rings is 1. The summed E-state index contributed by atoms with van der Waals surface area (Å²) in [6.45, 7) is 10.3. The van der Waals surface area contributed by atoms with Gasteiger partial charge in [-0.1, -0.05) is 25.1 Å². The Balaban J connectivity index is 2.89. The number of ether oxygens (including phenoxy) is 2. The molecule has 0 heterocycles. The molecule has 0 bridgehead atoms. The zero-order chi connectivity index (χ0) is 15.0. The van der Waals surface area contributed by atoms with Gasteiger partial charge in [-0.05, 0) is 53.5 Å². The summed E-state index contributed by atoms with van der Waals surface area (Å²) in [7, 11) is 0. The predicted molar refractivity (Wildman–Crippen MR) is 87.8 cm³/mol. The van der Waals surface area contributed by atoms with Gasteiger partial charge in [-0.15, -0.1) is 0 Å². The van der Waals surface area contributed by atoms with Gasteiger partial charge in [-0.2, -0.15) is 0 Å². The van der Waals surface area contributed by atoms with Crippen LogP contribution in [0.4, 0.5) is 0 Å². The van der Waals surface area contributed by atoms with E-state index in [4.69, 9.17) is 21.1 Å². The normalized spacial score (nSPS) is 10.4. The van der Waals surface area contributed by atoms with Crippen molar-refractivity contribution in [1.29, 1.82) is 0 Å². The Morgan fingerprint density at radius 1 is 1.35 bits per heavy atom. The Kier molecular flexibility index (Phi) is 8.04. The first kappa shape index (κ1) is 17.3. The van der Waals surface area contributed by atoms with E-state index < -0.39 is 0 Å². The Morgan fingerprint density at radius 2 is 2.10 bits per heavy atom. The molecule has 1 rings (SSSR count). The van der Waals surface area contributed by atoms with Gasteiger partial charge in [-0.3, -0.25) is 0 Å². The smallest absolute Gasteiger partial charge is 0.175 e. The van der Waals surface area contributed by atoms with Gasteiger partial charge in [0.15, 0.2) is 11.5 Å². The second kappa shape index (κ2) is 9.27. The van der Waals surface area contributed by atoms with E-state index in [0.717, 1.165) is 29.5 Å². The molecule has 0 aliphatic rings. The fraction of sp³-hybridized carbons (Fsp3) is 0.467. The fourth-order valence-corrected chi connectivity index (χ4v) is 2.34. The molecular weight excluding hydrogens is 342 g/mol. The van der Waals surface area contributed by atoms with Crippen LogP contribution in [0, 0.1) is 0 Å². The molecule has 0 unspecified atom stereocenters. The van der Waals surface area contributed by atoms with Crippen LogP contribution in [0.25, 0.3) is 0 Å². The quantitative estimate of drug-likeness (QED) is 0.657. The maximum absolute atomic E-state index is 5.74. The van der Waals surface area contributed by atoms with Crippen molar-refractivity contribution >= 4 is 27.5 Å². The van der Waals surface area contributed by atoms with E-state index in [0.29, 0.717) is 23.1 Å². The maximum Gasteiger partial charge on any atom is 0.175 e. The van der Waals surface area contributed by atoms with Crippen LogP contribution in [0.2, 0.25) is 0 Å².